The molecule has 1 N–H and O–H groups in total. The van der Waals surface area contributed by atoms with Crippen molar-refractivity contribution in [3.05, 3.63) is 21.4 Å². The Hall–Kier alpha value is -1.70. The van der Waals surface area contributed by atoms with Gasteiger partial charge in [-0.3, -0.25) is 0 Å². The molecule has 8 heteroatoms. The predicted octanol–water partition coefficient (Wildman–Crippen LogP) is 4.50. The summed E-state index contributed by atoms with van der Waals surface area (Å²) < 4.78 is 31.0. The number of aromatic carboxylic acids is 1. The van der Waals surface area contributed by atoms with E-state index in [1.54, 1.807) is 25.7 Å². The van der Waals surface area contributed by atoms with Crippen molar-refractivity contribution in [3.63, 3.8) is 0 Å². The summed E-state index contributed by atoms with van der Waals surface area (Å²) in [6.45, 7) is 6.19. The fourth-order valence-electron chi connectivity index (χ4n) is 2.70. The zero-order valence-electron chi connectivity index (χ0n) is 13.8. The minimum atomic E-state index is -2.68. The molecule has 1 fully saturated rings. The first-order valence-electron chi connectivity index (χ1n) is 7.71. The highest BCUT2D eigenvalue weighted by molar-refractivity contribution is 7.14. The van der Waals surface area contributed by atoms with E-state index in [2.05, 4.69) is 0 Å². The first kappa shape index (κ1) is 18.6. The number of hydrogen-bond acceptors (Lipinski definition) is 4. The molecule has 0 bridgehead atoms. The van der Waals surface area contributed by atoms with Crippen molar-refractivity contribution < 1.29 is 28.2 Å². The zero-order valence-corrected chi connectivity index (χ0v) is 14.7. The van der Waals surface area contributed by atoms with Crippen LogP contribution in [0.2, 0.25) is 0 Å². The lowest BCUT2D eigenvalue weighted by atomic mass is 9.89. The van der Waals surface area contributed by atoms with Crippen LogP contribution in [0.4, 0.5) is 13.6 Å². The maximum atomic E-state index is 12.9. The predicted molar refractivity (Wildman–Crippen MR) is 86.0 cm³/mol. The summed E-state index contributed by atoms with van der Waals surface area (Å²) in [7, 11) is 0. The number of rotatable bonds is 3. The number of alkyl halides is 2. The molecule has 0 spiro atoms. The third-order valence-electron chi connectivity index (χ3n) is 3.78. The molecule has 1 saturated heterocycles. The van der Waals surface area contributed by atoms with Gasteiger partial charge in [-0.25, -0.2) is 18.4 Å². The van der Waals surface area contributed by atoms with Crippen LogP contribution < -0.4 is 0 Å². The van der Waals surface area contributed by atoms with E-state index >= 15 is 0 Å². The Morgan fingerprint density at radius 1 is 1.33 bits per heavy atom. The molecule has 2 rings (SSSR count). The number of piperidine rings is 1. The number of ether oxygens (including phenoxy) is 1. The van der Waals surface area contributed by atoms with Gasteiger partial charge in [0.05, 0.1) is 4.88 Å². The highest BCUT2D eigenvalue weighted by atomic mass is 32.1. The van der Waals surface area contributed by atoms with Crippen LogP contribution >= 0.6 is 11.3 Å². The normalized spacial score (nSPS) is 16.5. The van der Waals surface area contributed by atoms with E-state index in [4.69, 9.17) is 4.74 Å². The van der Waals surface area contributed by atoms with Crippen molar-refractivity contribution in [2.45, 2.75) is 51.6 Å². The lowest BCUT2D eigenvalue weighted by Crippen LogP contribution is -2.41. The Labute approximate surface area is 143 Å². The van der Waals surface area contributed by atoms with Gasteiger partial charge in [0, 0.05) is 13.1 Å². The molecule has 1 aromatic heterocycles. The van der Waals surface area contributed by atoms with E-state index in [9.17, 15) is 23.5 Å². The first-order chi connectivity index (χ1) is 11.1. The second kappa shape index (κ2) is 7.04. The van der Waals surface area contributed by atoms with Crippen LogP contribution in [-0.4, -0.2) is 40.8 Å². The smallest absolute Gasteiger partial charge is 0.410 e. The topological polar surface area (TPSA) is 66.8 Å². The number of hydrogen-bond donors (Lipinski definition) is 1. The molecule has 1 aliphatic heterocycles. The van der Waals surface area contributed by atoms with Crippen LogP contribution in [0, 0.1) is 0 Å². The lowest BCUT2D eigenvalue weighted by Gasteiger charge is -2.33. The average molecular weight is 361 g/mol. The summed E-state index contributed by atoms with van der Waals surface area (Å²) in [4.78, 5) is 24.7. The lowest BCUT2D eigenvalue weighted by molar-refractivity contribution is 0.0204. The second-order valence-corrected chi connectivity index (χ2v) is 7.86. The number of carboxylic acid groups (broad SMARTS) is 1. The van der Waals surface area contributed by atoms with Crippen molar-refractivity contribution in [3.8, 4) is 0 Å². The van der Waals surface area contributed by atoms with Gasteiger partial charge < -0.3 is 14.7 Å². The van der Waals surface area contributed by atoms with Crippen molar-refractivity contribution in [2.24, 2.45) is 0 Å². The summed E-state index contributed by atoms with van der Waals surface area (Å²) in [5.41, 5.74) is -0.129. The summed E-state index contributed by atoms with van der Waals surface area (Å²) in [5, 5.41) is 9.24. The SMILES string of the molecule is CC(C)(C)OC(=O)N1CCC(c2cc(C(F)F)sc2C(=O)O)CC1. The number of likely N-dealkylation sites (tertiary alicyclic amines) is 1. The Balaban J connectivity index is 2.07. The van der Waals surface area contributed by atoms with Gasteiger partial charge in [-0.15, -0.1) is 11.3 Å². The highest BCUT2D eigenvalue weighted by Crippen LogP contribution is 2.38. The van der Waals surface area contributed by atoms with Gasteiger partial charge in [-0.1, -0.05) is 0 Å². The van der Waals surface area contributed by atoms with Crippen LogP contribution in [0.25, 0.3) is 0 Å². The first-order valence-corrected chi connectivity index (χ1v) is 8.53. The third kappa shape index (κ3) is 4.43. The Morgan fingerprint density at radius 3 is 2.38 bits per heavy atom. The molecular weight excluding hydrogens is 340 g/mol. The number of carbonyl (C=O) groups excluding carboxylic acids is 1. The Kier molecular flexibility index (Phi) is 5.47. The Morgan fingerprint density at radius 2 is 1.92 bits per heavy atom. The van der Waals surface area contributed by atoms with Crippen molar-refractivity contribution in [1.82, 2.24) is 4.90 Å². The fraction of sp³-hybridized carbons (Fsp3) is 0.625. The minimum Gasteiger partial charge on any atom is -0.477 e. The second-order valence-electron chi connectivity index (χ2n) is 6.78. The molecule has 0 aromatic carbocycles. The monoisotopic (exact) mass is 361 g/mol. The van der Waals surface area contributed by atoms with Gasteiger partial charge in [0.2, 0.25) is 0 Å². The van der Waals surface area contributed by atoms with Crippen LogP contribution in [0.3, 0.4) is 0 Å². The maximum Gasteiger partial charge on any atom is 0.410 e. The summed E-state index contributed by atoms with van der Waals surface area (Å²) in [5.74, 6) is -1.32. The van der Waals surface area contributed by atoms with E-state index in [1.165, 1.54) is 6.07 Å². The van der Waals surface area contributed by atoms with E-state index in [0.717, 1.165) is 0 Å². The zero-order chi connectivity index (χ0) is 18.1. The molecule has 0 unspecified atom stereocenters. The van der Waals surface area contributed by atoms with E-state index in [0.29, 0.717) is 42.8 Å². The van der Waals surface area contributed by atoms with Crippen LogP contribution in [-0.2, 0) is 4.74 Å². The van der Waals surface area contributed by atoms with Crippen LogP contribution in [0.1, 0.15) is 66.1 Å². The number of thiophene rings is 1. The van der Waals surface area contributed by atoms with E-state index < -0.39 is 24.1 Å². The standard InChI is InChI=1S/C16H21F2NO4S/c1-16(2,3)23-15(22)19-6-4-9(5-7-19)10-8-11(13(17)18)24-12(10)14(20)21/h8-9,13H,4-7H2,1-3H3,(H,20,21). The van der Waals surface area contributed by atoms with Crippen LogP contribution in [0.5, 0.6) is 0 Å². The largest absolute Gasteiger partial charge is 0.477 e. The molecule has 0 saturated carbocycles. The van der Waals surface area contributed by atoms with Gasteiger partial charge >= 0.3 is 12.1 Å². The van der Waals surface area contributed by atoms with Gasteiger partial charge in [0.15, 0.2) is 0 Å². The summed E-state index contributed by atoms with van der Waals surface area (Å²) in [6.07, 6.45) is -2.03. The quantitative estimate of drug-likeness (QED) is 0.861. The summed E-state index contributed by atoms with van der Waals surface area (Å²) in [6, 6.07) is 1.30. The fourth-order valence-corrected chi connectivity index (χ4v) is 3.64. The molecule has 134 valence electrons. The third-order valence-corrected chi connectivity index (χ3v) is 4.92. The molecule has 2 heterocycles. The highest BCUT2D eigenvalue weighted by Gasteiger charge is 2.31. The molecule has 1 aromatic rings. The number of amides is 1. The molecule has 1 amide bonds. The number of carbonyl (C=O) groups is 2. The number of halogens is 2. The molecule has 0 radical (unpaired) electrons. The van der Waals surface area contributed by atoms with Crippen LogP contribution in [0.15, 0.2) is 6.07 Å². The average Bonchev–Trinajstić information content (AvgIpc) is 2.91. The molecule has 5 nitrogen and oxygen atoms in total. The van der Waals surface area contributed by atoms with Crippen molar-refractivity contribution in [2.75, 3.05) is 13.1 Å². The van der Waals surface area contributed by atoms with Gasteiger partial charge in [-0.2, -0.15) is 0 Å². The molecule has 24 heavy (non-hydrogen) atoms. The molecular formula is C16H21F2NO4S. The number of carboxylic acids is 1. The maximum absolute atomic E-state index is 12.9. The van der Waals surface area contributed by atoms with Gasteiger partial charge in [0.1, 0.15) is 10.5 Å². The summed E-state index contributed by atoms with van der Waals surface area (Å²) >= 11 is 0.630. The van der Waals surface area contributed by atoms with E-state index in [-0.39, 0.29) is 15.7 Å². The van der Waals surface area contributed by atoms with Crippen molar-refractivity contribution in [1.29, 1.82) is 0 Å². The van der Waals surface area contributed by atoms with Gasteiger partial charge in [0.25, 0.3) is 6.43 Å². The molecule has 0 atom stereocenters. The van der Waals surface area contributed by atoms with Gasteiger partial charge in [-0.05, 0) is 51.2 Å². The number of nitrogens with zero attached hydrogens (tertiary/aromatic N) is 1. The minimum absolute atomic E-state index is 0.0268. The Bertz CT molecular complexity index is 616. The molecule has 0 aliphatic carbocycles. The molecule has 1 aliphatic rings. The van der Waals surface area contributed by atoms with Crippen molar-refractivity contribution >= 4 is 23.4 Å². The van der Waals surface area contributed by atoms with E-state index in [1.807, 2.05) is 0 Å².